The SMILES string of the molecule is CCc1cc(=O)[nH]c2cc(NC(=O)c3cccc(OC)c3OC)ccc12. The van der Waals surface area contributed by atoms with Crippen LogP contribution in [-0.4, -0.2) is 25.1 Å². The fraction of sp³-hybridized carbons (Fsp3) is 0.200. The van der Waals surface area contributed by atoms with Gasteiger partial charge in [0.15, 0.2) is 11.5 Å². The number of hydrogen-bond donors (Lipinski definition) is 2. The van der Waals surface area contributed by atoms with Gasteiger partial charge in [-0.05, 0) is 36.2 Å². The first-order valence-electron chi connectivity index (χ1n) is 8.25. The van der Waals surface area contributed by atoms with Gasteiger partial charge in [-0.25, -0.2) is 0 Å². The summed E-state index contributed by atoms with van der Waals surface area (Å²) >= 11 is 0. The number of pyridine rings is 1. The Balaban J connectivity index is 1.97. The van der Waals surface area contributed by atoms with E-state index in [1.165, 1.54) is 14.2 Å². The highest BCUT2D eigenvalue weighted by molar-refractivity contribution is 6.07. The monoisotopic (exact) mass is 352 g/mol. The third-order valence-electron chi connectivity index (χ3n) is 4.22. The van der Waals surface area contributed by atoms with Gasteiger partial charge in [0.2, 0.25) is 5.56 Å². The molecule has 6 heteroatoms. The van der Waals surface area contributed by atoms with Crippen LogP contribution in [0.4, 0.5) is 5.69 Å². The van der Waals surface area contributed by atoms with Crippen molar-refractivity contribution in [2.45, 2.75) is 13.3 Å². The highest BCUT2D eigenvalue weighted by Gasteiger charge is 2.16. The smallest absolute Gasteiger partial charge is 0.259 e. The van der Waals surface area contributed by atoms with Gasteiger partial charge < -0.3 is 19.8 Å². The molecule has 3 aromatic rings. The summed E-state index contributed by atoms with van der Waals surface area (Å²) in [6, 6.07) is 12.2. The normalized spacial score (nSPS) is 10.6. The van der Waals surface area contributed by atoms with Crippen LogP contribution in [0.15, 0.2) is 47.3 Å². The number of carbonyl (C=O) groups excluding carboxylic acids is 1. The fourth-order valence-electron chi connectivity index (χ4n) is 2.97. The van der Waals surface area contributed by atoms with E-state index < -0.39 is 0 Å². The van der Waals surface area contributed by atoms with Gasteiger partial charge in [-0.15, -0.1) is 0 Å². The van der Waals surface area contributed by atoms with Crippen molar-refractivity contribution in [3.05, 3.63) is 63.9 Å². The summed E-state index contributed by atoms with van der Waals surface area (Å²) in [4.78, 5) is 27.3. The third kappa shape index (κ3) is 3.26. The van der Waals surface area contributed by atoms with E-state index in [4.69, 9.17) is 9.47 Å². The summed E-state index contributed by atoms with van der Waals surface area (Å²) in [7, 11) is 3.01. The molecule has 6 nitrogen and oxygen atoms in total. The van der Waals surface area contributed by atoms with Crippen LogP contribution in [0.2, 0.25) is 0 Å². The molecule has 0 radical (unpaired) electrons. The summed E-state index contributed by atoms with van der Waals surface area (Å²) < 4.78 is 10.5. The van der Waals surface area contributed by atoms with Crippen LogP contribution in [-0.2, 0) is 6.42 Å². The van der Waals surface area contributed by atoms with Crippen LogP contribution in [0.3, 0.4) is 0 Å². The molecule has 0 fully saturated rings. The minimum atomic E-state index is -0.325. The second-order valence-corrected chi connectivity index (χ2v) is 5.77. The number of ether oxygens (including phenoxy) is 2. The van der Waals surface area contributed by atoms with Crippen LogP contribution in [0.1, 0.15) is 22.8 Å². The first-order valence-corrected chi connectivity index (χ1v) is 8.25. The molecule has 1 amide bonds. The first kappa shape index (κ1) is 17.5. The molecule has 2 N–H and O–H groups in total. The van der Waals surface area contributed by atoms with E-state index in [9.17, 15) is 9.59 Å². The van der Waals surface area contributed by atoms with Gasteiger partial charge in [-0.3, -0.25) is 9.59 Å². The minimum absolute atomic E-state index is 0.160. The number of nitrogens with one attached hydrogen (secondary N) is 2. The van der Waals surface area contributed by atoms with Crippen molar-refractivity contribution in [2.75, 3.05) is 19.5 Å². The van der Waals surface area contributed by atoms with E-state index in [0.29, 0.717) is 28.3 Å². The Morgan fingerprint density at radius 1 is 1.12 bits per heavy atom. The highest BCUT2D eigenvalue weighted by atomic mass is 16.5. The van der Waals surface area contributed by atoms with E-state index in [1.54, 1.807) is 30.3 Å². The van der Waals surface area contributed by atoms with E-state index in [-0.39, 0.29) is 11.5 Å². The summed E-state index contributed by atoms with van der Waals surface area (Å²) in [5.74, 6) is 0.527. The number of rotatable bonds is 5. The summed E-state index contributed by atoms with van der Waals surface area (Å²) in [6.45, 7) is 2.00. The third-order valence-corrected chi connectivity index (χ3v) is 4.22. The van der Waals surface area contributed by atoms with E-state index in [1.807, 2.05) is 19.1 Å². The summed E-state index contributed by atoms with van der Waals surface area (Å²) in [5.41, 5.74) is 2.44. The topological polar surface area (TPSA) is 80.4 Å². The Morgan fingerprint density at radius 3 is 2.62 bits per heavy atom. The lowest BCUT2D eigenvalue weighted by Crippen LogP contribution is -2.14. The van der Waals surface area contributed by atoms with Crippen molar-refractivity contribution in [1.29, 1.82) is 0 Å². The molecule has 1 aromatic heterocycles. The predicted molar refractivity (Wildman–Crippen MR) is 101 cm³/mol. The number of H-pyrrole nitrogens is 1. The van der Waals surface area contributed by atoms with Gasteiger partial charge in [0.25, 0.3) is 5.91 Å². The zero-order chi connectivity index (χ0) is 18.7. The van der Waals surface area contributed by atoms with E-state index in [2.05, 4.69) is 10.3 Å². The lowest BCUT2D eigenvalue weighted by atomic mass is 10.1. The Bertz CT molecular complexity index is 1020. The van der Waals surface area contributed by atoms with Crippen molar-refractivity contribution >= 4 is 22.5 Å². The standard InChI is InChI=1S/C20H20N2O4/c1-4-12-10-18(23)22-16-11-13(8-9-14(12)16)21-20(24)15-6-5-7-17(25-2)19(15)26-3/h5-11H,4H2,1-3H3,(H,21,24)(H,22,23). The zero-order valence-corrected chi connectivity index (χ0v) is 14.9. The van der Waals surface area contributed by atoms with Gasteiger partial charge in [0, 0.05) is 17.1 Å². The Labute approximate surface area is 150 Å². The van der Waals surface area contributed by atoms with Crippen LogP contribution < -0.4 is 20.3 Å². The molecule has 26 heavy (non-hydrogen) atoms. The number of carbonyl (C=O) groups is 1. The first-order chi connectivity index (χ1) is 12.6. The molecule has 0 unspecified atom stereocenters. The Morgan fingerprint density at radius 2 is 1.92 bits per heavy atom. The molecule has 1 heterocycles. The number of aromatic nitrogens is 1. The maximum Gasteiger partial charge on any atom is 0.259 e. The van der Waals surface area contributed by atoms with Gasteiger partial charge >= 0.3 is 0 Å². The molecule has 0 spiro atoms. The van der Waals surface area contributed by atoms with Crippen molar-refractivity contribution in [3.63, 3.8) is 0 Å². The lowest BCUT2D eigenvalue weighted by Gasteiger charge is -2.13. The molecule has 0 saturated carbocycles. The number of anilines is 1. The number of para-hydroxylation sites is 1. The number of benzene rings is 2. The lowest BCUT2D eigenvalue weighted by molar-refractivity contribution is 0.102. The predicted octanol–water partition coefficient (Wildman–Crippen LogP) is 3.36. The fourth-order valence-corrected chi connectivity index (χ4v) is 2.97. The maximum atomic E-state index is 12.7. The molecule has 0 saturated heterocycles. The quantitative estimate of drug-likeness (QED) is 0.738. The molecule has 134 valence electrons. The molecule has 0 aliphatic heterocycles. The van der Waals surface area contributed by atoms with Crippen molar-refractivity contribution in [3.8, 4) is 11.5 Å². The molecular formula is C20H20N2O4. The summed E-state index contributed by atoms with van der Waals surface area (Å²) in [5, 5.41) is 3.80. The van der Waals surface area contributed by atoms with Crippen LogP contribution in [0, 0.1) is 0 Å². The number of aromatic amines is 1. The van der Waals surface area contributed by atoms with Crippen LogP contribution in [0.5, 0.6) is 11.5 Å². The molecular weight excluding hydrogens is 332 g/mol. The number of fused-ring (bicyclic) bond motifs is 1. The Hall–Kier alpha value is -3.28. The molecule has 3 rings (SSSR count). The van der Waals surface area contributed by atoms with Crippen molar-refractivity contribution in [2.24, 2.45) is 0 Å². The number of aryl methyl sites for hydroxylation is 1. The minimum Gasteiger partial charge on any atom is -0.493 e. The highest BCUT2D eigenvalue weighted by Crippen LogP contribution is 2.31. The van der Waals surface area contributed by atoms with Gasteiger partial charge in [0.1, 0.15) is 0 Å². The second-order valence-electron chi connectivity index (χ2n) is 5.77. The molecule has 2 aromatic carbocycles. The van der Waals surface area contributed by atoms with Crippen LogP contribution in [0.25, 0.3) is 10.9 Å². The summed E-state index contributed by atoms with van der Waals surface area (Å²) in [6.07, 6.45) is 0.757. The van der Waals surface area contributed by atoms with Crippen LogP contribution >= 0.6 is 0 Å². The Kier molecular flexibility index (Phi) is 4.93. The number of hydrogen-bond acceptors (Lipinski definition) is 4. The molecule has 0 bridgehead atoms. The van der Waals surface area contributed by atoms with Gasteiger partial charge in [-0.1, -0.05) is 19.1 Å². The zero-order valence-electron chi connectivity index (χ0n) is 14.9. The average molecular weight is 352 g/mol. The largest absolute Gasteiger partial charge is 0.493 e. The second kappa shape index (κ2) is 7.31. The number of methoxy groups -OCH3 is 2. The average Bonchev–Trinajstić information content (AvgIpc) is 2.66. The molecule has 0 atom stereocenters. The van der Waals surface area contributed by atoms with E-state index >= 15 is 0 Å². The van der Waals surface area contributed by atoms with Gasteiger partial charge in [0.05, 0.1) is 25.3 Å². The van der Waals surface area contributed by atoms with Crippen molar-refractivity contribution in [1.82, 2.24) is 4.98 Å². The van der Waals surface area contributed by atoms with Gasteiger partial charge in [-0.2, -0.15) is 0 Å². The molecule has 0 aliphatic rings. The number of amides is 1. The van der Waals surface area contributed by atoms with E-state index in [0.717, 1.165) is 17.4 Å². The van der Waals surface area contributed by atoms with Crippen molar-refractivity contribution < 1.29 is 14.3 Å². The molecule has 0 aliphatic carbocycles. The maximum absolute atomic E-state index is 12.7.